The fraction of sp³-hybridized carbons (Fsp3) is 0.929. The molecule has 0 spiro atoms. The van der Waals surface area contributed by atoms with Gasteiger partial charge in [-0.25, -0.2) is 0 Å². The van der Waals surface area contributed by atoms with Crippen LogP contribution in [0.15, 0.2) is 0 Å². The number of hydrogen-bond acceptors (Lipinski definition) is 2. The number of rotatable bonds is 1. The van der Waals surface area contributed by atoms with E-state index in [0.717, 1.165) is 31.8 Å². The maximum atomic E-state index is 12.5. The fourth-order valence-corrected chi connectivity index (χ4v) is 3.90. The molecule has 0 aromatic carbocycles. The maximum Gasteiger partial charge on any atom is 0.226 e. The first-order chi connectivity index (χ1) is 8.15. The van der Waals surface area contributed by atoms with Gasteiger partial charge in [-0.2, -0.15) is 0 Å². The molecule has 3 nitrogen and oxygen atoms in total. The number of likely N-dealkylation sites (tertiary alicyclic amines) is 2. The molecular weight excluding hydrogens is 212 g/mol. The van der Waals surface area contributed by atoms with E-state index in [1.165, 1.54) is 19.3 Å². The topological polar surface area (TPSA) is 23.6 Å². The highest BCUT2D eigenvalue weighted by Crippen LogP contribution is 2.36. The zero-order valence-corrected chi connectivity index (χ0v) is 11.1. The number of carbonyl (C=O) groups is 1. The Morgan fingerprint density at radius 3 is 2.24 bits per heavy atom. The summed E-state index contributed by atoms with van der Waals surface area (Å²) in [5.41, 5.74) is 0. The normalized spacial score (nSPS) is 42.1. The Morgan fingerprint density at radius 1 is 1.06 bits per heavy atom. The molecule has 0 aromatic heterocycles. The number of piperazine rings is 1. The van der Waals surface area contributed by atoms with Gasteiger partial charge in [-0.1, -0.05) is 6.92 Å². The van der Waals surface area contributed by atoms with Crippen LogP contribution in [0.25, 0.3) is 0 Å². The van der Waals surface area contributed by atoms with Crippen LogP contribution in [0.5, 0.6) is 0 Å². The minimum absolute atomic E-state index is 0.347. The number of hydrogen-bond donors (Lipinski definition) is 0. The van der Waals surface area contributed by atoms with Crippen molar-refractivity contribution < 1.29 is 4.79 Å². The van der Waals surface area contributed by atoms with Gasteiger partial charge >= 0.3 is 0 Å². The first-order valence-corrected chi connectivity index (χ1v) is 7.16. The molecule has 3 rings (SSSR count). The van der Waals surface area contributed by atoms with Gasteiger partial charge in [0.25, 0.3) is 0 Å². The van der Waals surface area contributed by atoms with Crippen molar-refractivity contribution in [1.82, 2.24) is 9.80 Å². The Hall–Kier alpha value is -0.570. The summed E-state index contributed by atoms with van der Waals surface area (Å²) < 4.78 is 0. The van der Waals surface area contributed by atoms with Crippen LogP contribution in [0.3, 0.4) is 0 Å². The highest BCUT2D eigenvalue weighted by molar-refractivity contribution is 5.80. The second-order valence-electron chi connectivity index (χ2n) is 6.47. The third-order valence-electron chi connectivity index (χ3n) is 5.00. The molecule has 0 N–H and O–H groups in total. The number of nitrogens with zero attached hydrogens (tertiary/aromatic N) is 2. The van der Waals surface area contributed by atoms with E-state index < -0.39 is 0 Å². The van der Waals surface area contributed by atoms with E-state index >= 15 is 0 Å². The predicted molar refractivity (Wildman–Crippen MR) is 67.7 cm³/mol. The van der Waals surface area contributed by atoms with Gasteiger partial charge in [-0.3, -0.25) is 4.79 Å². The Bertz CT molecular complexity index is 297. The summed E-state index contributed by atoms with van der Waals surface area (Å²) >= 11 is 0. The van der Waals surface area contributed by atoms with Crippen molar-refractivity contribution in [3.63, 3.8) is 0 Å². The molecule has 3 aliphatic rings. The van der Waals surface area contributed by atoms with Crippen molar-refractivity contribution in [3.8, 4) is 0 Å². The predicted octanol–water partition coefficient (Wildman–Crippen LogP) is 1.73. The number of likely N-dealkylation sites (N-methyl/N-ethyl adjacent to an activating group) is 1. The van der Waals surface area contributed by atoms with Crippen molar-refractivity contribution in [2.45, 2.75) is 51.1 Å². The standard InChI is InChI=1S/C14H24N2O/c1-10-3-5-11(6-4-10)14(17)16-12-7-13(16)9-15(2)8-12/h10-13H,3-9H2,1-2H3. The van der Waals surface area contributed by atoms with Crippen LogP contribution < -0.4 is 0 Å². The highest BCUT2D eigenvalue weighted by Gasteiger charge is 2.47. The number of fused-ring (bicyclic) bond motifs is 2. The molecule has 96 valence electrons. The minimum Gasteiger partial charge on any atom is -0.334 e. The Kier molecular flexibility index (Phi) is 2.89. The summed E-state index contributed by atoms with van der Waals surface area (Å²) in [6, 6.07) is 1.07. The first kappa shape index (κ1) is 11.5. The van der Waals surface area contributed by atoms with Crippen molar-refractivity contribution in [3.05, 3.63) is 0 Å². The van der Waals surface area contributed by atoms with Crippen LogP contribution in [0.1, 0.15) is 39.0 Å². The Labute approximate surface area is 104 Å². The lowest BCUT2D eigenvalue weighted by atomic mass is 9.79. The molecule has 2 aliphatic heterocycles. The third-order valence-corrected chi connectivity index (χ3v) is 5.00. The van der Waals surface area contributed by atoms with Crippen molar-refractivity contribution in [2.24, 2.45) is 11.8 Å². The molecule has 3 fully saturated rings. The molecule has 17 heavy (non-hydrogen) atoms. The van der Waals surface area contributed by atoms with Gasteiger partial charge in [0.1, 0.15) is 0 Å². The van der Waals surface area contributed by atoms with Gasteiger partial charge in [0.2, 0.25) is 5.91 Å². The Balaban J connectivity index is 1.60. The molecular formula is C14H24N2O. The van der Waals surface area contributed by atoms with Crippen LogP contribution in [0, 0.1) is 11.8 Å². The van der Waals surface area contributed by atoms with Gasteiger partial charge in [0, 0.05) is 31.1 Å². The van der Waals surface area contributed by atoms with Gasteiger partial charge < -0.3 is 9.80 Å². The molecule has 0 aromatic rings. The molecule has 1 saturated carbocycles. The van der Waals surface area contributed by atoms with E-state index in [1.807, 2.05) is 0 Å². The van der Waals surface area contributed by atoms with Gasteiger partial charge in [-0.15, -0.1) is 0 Å². The largest absolute Gasteiger partial charge is 0.334 e. The average molecular weight is 236 g/mol. The Morgan fingerprint density at radius 2 is 1.65 bits per heavy atom. The van der Waals surface area contributed by atoms with Crippen LogP contribution in [-0.4, -0.2) is 47.9 Å². The zero-order chi connectivity index (χ0) is 12.0. The van der Waals surface area contributed by atoms with Crippen molar-refractivity contribution >= 4 is 5.91 Å². The number of piperidine rings is 1. The molecule has 2 heterocycles. The second-order valence-corrected chi connectivity index (χ2v) is 6.47. The summed E-state index contributed by atoms with van der Waals surface area (Å²) in [6.45, 7) is 4.49. The lowest BCUT2D eigenvalue weighted by Gasteiger charge is -2.56. The van der Waals surface area contributed by atoms with Gasteiger partial charge in [0.15, 0.2) is 0 Å². The van der Waals surface area contributed by atoms with Crippen LogP contribution in [0.4, 0.5) is 0 Å². The summed E-state index contributed by atoms with van der Waals surface area (Å²) in [6.07, 6.45) is 6.01. The SMILES string of the molecule is CC1CCC(C(=O)N2C3CC2CN(C)C3)CC1. The van der Waals surface area contributed by atoms with Gasteiger partial charge in [0.05, 0.1) is 0 Å². The van der Waals surface area contributed by atoms with E-state index in [1.54, 1.807) is 0 Å². The van der Waals surface area contributed by atoms with Crippen LogP contribution >= 0.6 is 0 Å². The zero-order valence-electron chi connectivity index (χ0n) is 11.1. The molecule has 2 atom stereocenters. The summed E-state index contributed by atoms with van der Waals surface area (Å²) in [7, 11) is 2.17. The molecule has 3 heteroatoms. The maximum absolute atomic E-state index is 12.5. The van der Waals surface area contributed by atoms with Crippen LogP contribution in [-0.2, 0) is 4.79 Å². The third kappa shape index (κ3) is 1.99. The molecule has 2 bridgehead atoms. The molecule has 2 unspecified atom stereocenters. The summed E-state index contributed by atoms with van der Waals surface area (Å²) in [5.74, 6) is 1.66. The number of amides is 1. The van der Waals surface area contributed by atoms with E-state index in [2.05, 4.69) is 23.8 Å². The molecule has 0 radical (unpaired) electrons. The molecule has 2 saturated heterocycles. The fourth-order valence-electron chi connectivity index (χ4n) is 3.90. The monoisotopic (exact) mass is 236 g/mol. The highest BCUT2D eigenvalue weighted by atomic mass is 16.2. The quantitative estimate of drug-likeness (QED) is 0.692. The lowest BCUT2D eigenvalue weighted by Crippen LogP contribution is -2.70. The minimum atomic E-state index is 0.347. The van der Waals surface area contributed by atoms with E-state index in [0.29, 0.717) is 23.9 Å². The molecule has 1 amide bonds. The first-order valence-electron chi connectivity index (χ1n) is 7.16. The second kappa shape index (κ2) is 4.27. The smallest absolute Gasteiger partial charge is 0.226 e. The number of carbonyl (C=O) groups excluding carboxylic acids is 1. The van der Waals surface area contributed by atoms with Gasteiger partial charge in [-0.05, 0) is 45.1 Å². The lowest BCUT2D eigenvalue weighted by molar-refractivity contribution is -0.158. The van der Waals surface area contributed by atoms with E-state index in [9.17, 15) is 4.79 Å². The van der Waals surface area contributed by atoms with E-state index in [-0.39, 0.29) is 0 Å². The van der Waals surface area contributed by atoms with Crippen molar-refractivity contribution in [2.75, 3.05) is 20.1 Å². The van der Waals surface area contributed by atoms with Crippen LogP contribution in [0.2, 0.25) is 0 Å². The van der Waals surface area contributed by atoms with Crippen molar-refractivity contribution in [1.29, 1.82) is 0 Å². The summed E-state index contributed by atoms with van der Waals surface area (Å²) in [5, 5.41) is 0. The summed E-state index contributed by atoms with van der Waals surface area (Å²) in [4.78, 5) is 17.1. The van der Waals surface area contributed by atoms with E-state index in [4.69, 9.17) is 0 Å². The average Bonchev–Trinajstić information content (AvgIpc) is 2.29. The molecule has 1 aliphatic carbocycles.